The lowest BCUT2D eigenvalue weighted by Crippen LogP contribution is -2.52. The van der Waals surface area contributed by atoms with Crippen LogP contribution in [0.25, 0.3) is 0 Å². The SMILES string of the molecule is COC1(Cc2ccc(C)cc2)CCCN(C(C)=O)C1. The van der Waals surface area contributed by atoms with Crippen LogP contribution in [0.2, 0.25) is 0 Å². The van der Waals surface area contributed by atoms with Crippen LogP contribution in [0, 0.1) is 6.92 Å². The van der Waals surface area contributed by atoms with E-state index in [0.717, 1.165) is 25.8 Å². The van der Waals surface area contributed by atoms with E-state index in [-0.39, 0.29) is 11.5 Å². The van der Waals surface area contributed by atoms with Crippen molar-refractivity contribution in [3.63, 3.8) is 0 Å². The second-order valence-electron chi connectivity index (χ2n) is 5.59. The van der Waals surface area contributed by atoms with E-state index in [9.17, 15) is 4.79 Å². The predicted octanol–water partition coefficient (Wildman–Crippen LogP) is 2.57. The molecule has 3 heteroatoms. The van der Waals surface area contributed by atoms with E-state index >= 15 is 0 Å². The summed E-state index contributed by atoms with van der Waals surface area (Å²) in [7, 11) is 1.76. The van der Waals surface area contributed by atoms with E-state index in [1.807, 2.05) is 4.90 Å². The highest BCUT2D eigenvalue weighted by molar-refractivity contribution is 5.73. The molecule has 1 aromatic carbocycles. The molecule has 0 radical (unpaired) electrons. The van der Waals surface area contributed by atoms with Gasteiger partial charge in [-0.3, -0.25) is 4.79 Å². The molecule has 2 rings (SSSR count). The number of carbonyl (C=O) groups is 1. The lowest BCUT2D eigenvalue weighted by Gasteiger charge is -2.41. The lowest BCUT2D eigenvalue weighted by molar-refractivity contribution is -0.138. The smallest absolute Gasteiger partial charge is 0.219 e. The fourth-order valence-electron chi connectivity index (χ4n) is 2.83. The molecule has 0 bridgehead atoms. The van der Waals surface area contributed by atoms with Crippen LogP contribution in [-0.4, -0.2) is 36.6 Å². The molecule has 0 saturated carbocycles. The number of ether oxygens (including phenoxy) is 1. The first-order valence-electron chi connectivity index (χ1n) is 6.91. The fourth-order valence-corrected chi connectivity index (χ4v) is 2.83. The topological polar surface area (TPSA) is 29.5 Å². The molecule has 1 aliphatic heterocycles. The van der Waals surface area contributed by atoms with E-state index in [0.29, 0.717) is 6.54 Å². The van der Waals surface area contributed by atoms with Crippen LogP contribution in [-0.2, 0) is 16.0 Å². The maximum Gasteiger partial charge on any atom is 0.219 e. The normalized spacial score (nSPS) is 23.4. The Hall–Kier alpha value is -1.35. The van der Waals surface area contributed by atoms with Gasteiger partial charge in [0.2, 0.25) is 5.91 Å². The number of carbonyl (C=O) groups excluding carboxylic acids is 1. The van der Waals surface area contributed by atoms with Gasteiger partial charge in [0.1, 0.15) is 0 Å². The Kier molecular flexibility index (Phi) is 4.25. The van der Waals surface area contributed by atoms with Gasteiger partial charge in [-0.1, -0.05) is 29.8 Å². The van der Waals surface area contributed by atoms with Crippen LogP contribution in [0.5, 0.6) is 0 Å². The molecule has 1 unspecified atom stereocenters. The molecule has 1 fully saturated rings. The van der Waals surface area contributed by atoms with Crippen LogP contribution >= 0.6 is 0 Å². The van der Waals surface area contributed by atoms with Gasteiger partial charge in [-0.25, -0.2) is 0 Å². The zero-order chi connectivity index (χ0) is 13.9. The van der Waals surface area contributed by atoms with Gasteiger partial charge in [0, 0.05) is 33.5 Å². The van der Waals surface area contributed by atoms with Crippen molar-refractivity contribution in [3.05, 3.63) is 35.4 Å². The molecule has 104 valence electrons. The van der Waals surface area contributed by atoms with E-state index in [1.54, 1.807) is 14.0 Å². The van der Waals surface area contributed by atoms with Crippen molar-refractivity contribution in [1.82, 2.24) is 4.90 Å². The molecule has 1 aromatic rings. The number of hydrogen-bond donors (Lipinski definition) is 0. The second-order valence-corrected chi connectivity index (χ2v) is 5.59. The van der Waals surface area contributed by atoms with Crippen LogP contribution in [0.1, 0.15) is 30.9 Å². The first-order valence-corrected chi connectivity index (χ1v) is 6.91. The molecule has 0 N–H and O–H groups in total. The Labute approximate surface area is 115 Å². The Bertz CT molecular complexity index is 441. The van der Waals surface area contributed by atoms with Crippen LogP contribution in [0.3, 0.4) is 0 Å². The van der Waals surface area contributed by atoms with Gasteiger partial charge in [0.05, 0.1) is 5.60 Å². The zero-order valence-electron chi connectivity index (χ0n) is 12.1. The number of rotatable bonds is 3. The highest BCUT2D eigenvalue weighted by atomic mass is 16.5. The monoisotopic (exact) mass is 261 g/mol. The first kappa shape index (κ1) is 14.1. The summed E-state index contributed by atoms with van der Waals surface area (Å²) in [6, 6.07) is 8.57. The van der Waals surface area contributed by atoms with Gasteiger partial charge in [0.15, 0.2) is 0 Å². The Balaban J connectivity index is 2.13. The quantitative estimate of drug-likeness (QED) is 0.837. The molecule has 1 aliphatic rings. The molecular weight excluding hydrogens is 238 g/mol. The maximum atomic E-state index is 11.6. The third kappa shape index (κ3) is 3.35. The van der Waals surface area contributed by atoms with Crippen molar-refractivity contribution in [2.45, 2.75) is 38.7 Å². The summed E-state index contributed by atoms with van der Waals surface area (Å²) in [4.78, 5) is 13.5. The Morgan fingerprint density at radius 2 is 2.05 bits per heavy atom. The van der Waals surface area contributed by atoms with Gasteiger partial charge >= 0.3 is 0 Å². The number of nitrogens with zero attached hydrogens (tertiary/aromatic N) is 1. The predicted molar refractivity (Wildman–Crippen MR) is 76.1 cm³/mol. The van der Waals surface area contributed by atoms with Gasteiger partial charge < -0.3 is 9.64 Å². The number of aryl methyl sites for hydroxylation is 1. The summed E-state index contributed by atoms with van der Waals surface area (Å²) in [5, 5.41) is 0. The molecule has 1 heterocycles. The average Bonchev–Trinajstić information content (AvgIpc) is 2.42. The Morgan fingerprint density at radius 3 is 2.63 bits per heavy atom. The van der Waals surface area contributed by atoms with Crippen LogP contribution in [0.15, 0.2) is 24.3 Å². The minimum atomic E-state index is -0.223. The minimum absolute atomic E-state index is 0.144. The molecule has 0 aliphatic carbocycles. The number of amides is 1. The molecule has 0 spiro atoms. The molecule has 1 atom stereocenters. The summed E-state index contributed by atoms with van der Waals surface area (Å²) < 4.78 is 5.80. The molecule has 0 aromatic heterocycles. The zero-order valence-corrected chi connectivity index (χ0v) is 12.1. The van der Waals surface area contributed by atoms with Gasteiger partial charge in [-0.15, -0.1) is 0 Å². The van der Waals surface area contributed by atoms with Gasteiger partial charge in [-0.05, 0) is 25.3 Å². The van der Waals surface area contributed by atoms with Crippen molar-refractivity contribution < 1.29 is 9.53 Å². The highest BCUT2D eigenvalue weighted by Gasteiger charge is 2.36. The van der Waals surface area contributed by atoms with Crippen LogP contribution < -0.4 is 0 Å². The van der Waals surface area contributed by atoms with Gasteiger partial charge in [0.25, 0.3) is 0 Å². The average molecular weight is 261 g/mol. The molecular formula is C16H23NO2. The maximum absolute atomic E-state index is 11.6. The summed E-state index contributed by atoms with van der Waals surface area (Å²) in [5.74, 6) is 0.144. The van der Waals surface area contributed by atoms with Crippen molar-refractivity contribution in [2.24, 2.45) is 0 Å². The highest BCUT2D eigenvalue weighted by Crippen LogP contribution is 2.28. The summed E-state index contributed by atoms with van der Waals surface area (Å²) in [6.07, 6.45) is 2.90. The molecule has 19 heavy (non-hydrogen) atoms. The van der Waals surface area contributed by atoms with Crippen molar-refractivity contribution in [3.8, 4) is 0 Å². The van der Waals surface area contributed by atoms with Crippen molar-refractivity contribution in [2.75, 3.05) is 20.2 Å². The second kappa shape index (κ2) is 5.74. The number of piperidine rings is 1. The molecule has 3 nitrogen and oxygen atoms in total. The number of benzene rings is 1. The number of methoxy groups -OCH3 is 1. The number of likely N-dealkylation sites (tertiary alicyclic amines) is 1. The minimum Gasteiger partial charge on any atom is -0.376 e. The fraction of sp³-hybridized carbons (Fsp3) is 0.562. The van der Waals surface area contributed by atoms with E-state index in [1.165, 1.54) is 11.1 Å². The van der Waals surface area contributed by atoms with E-state index < -0.39 is 0 Å². The third-order valence-corrected chi connectivity index (χ3v) is 4.06. The summed E-state index contributed by atoms with van der Waals surface area (Å²) >= 11 is 0. The molecule has 1 saturated heterocycles. The summed E-state index contributed by atoms with van der Waals surface area (Å²) in [6.45, 7) is 5.28. The summed E-state index contributed by atoms with van der Waals surface area (Å²) in [5.41, 5.74) is 2.32. The standard InChI is InChI=1S/C16H23NO2/c1-13-5-7-15(8-6-13)11-16(19-3)9-4-10-17(12-16)14(2)18/h5-8H,4,9-12H2,1-3H3. The van der Waals surface area contributed by atoms with Gasteiger partial charge in [-0.2, -0.15) is 0 Å². The van der Waals surface area contributed by atoms with Crippen LogP contribution in [0.4, 0.5) is 0 Å². The van der Waals surface area contributed by atoms with E-state index in [2.05, 4.69) is 31.2 Å². The Morgan fingerprint density at radius 1 is 1.37 bits per heavy atom. The third-order valence-electron chi connectivity index (χ3n) is 4.06. The van der Waals surface area contributed by atoms with Crippen molar-refractivity contribution in [1.29, 1.82) is 0 Å². The van der Waals surface area contributed by atoms with Crippen molar-refractivity contribution >= 4 is 5.91 Å². The first-order chi connectivity index (χ1) is 9.04. The largest absolute Gasteiger partial charge is 0.376 e. The number of hydrogen-bond acceptors (Lipinski definition) is 2. The lowest BCUT2D eigenvalue weighted by atomic mass is 9.86. The van der Waals surface area contributed by atoms with E-state index in [4.69, 9.17) is 4.74 Å². The molecule has 1 amide bonds.